The minimum atomic E-state index is -0.694. The number of aromatic nitrogens is 4. The summed E-state index contributed by atoms with van der Waals surface area (Å²) < 4.78 is 6.85. The monoisotopic (exact) mass is 393 g/mol. The van der Waals surface area contributed by atoms with Gasteiger partial charge in [-0.25, -0.2) is 0 Å². The molecule has 3 aromatic rings. The first-order valence-corrected chi connectivity index (χ1v) is 9.47. The first-order chi connectivity index (χ1) is 14.0. The highest BCUT2D eigenvalue weighted by molar-refractivity contribution is 5.83. The Morgan fingerprint density at radius 3 is 2.62 bits per heavy atom. The molecule has 1 N–H and O–H groups in total. The normalized spacial score (nSPS) is 15.9. The fourth-order valence-electron chi connectivity index (χ4n) is 3.97. The standard InChI is InChI=1S/C21H23N5O3/c1-25-14-15(12-23-25)21(20(28)29-2)7-9-26(10-8-21)16-11-18(24-22-13-16)17-5-3-4-6-19(17)27/h3-6,11-14,27H,7-10H2,1-2H3. The Morgan fingerprint density at radius 2 is 1.97 bits per heavy atom. The molecule has 0 unspecified atom stereocenters. The van der Waals surface area contributed by atoms with Crippen LogP contribution >= 0.6 is 0 Å². The number of phenols is 1. The highest BCUT2D eigenvalue weighted by atomic mass is 16.5. The summed E-state index contributed by atoms with van der Waals surface area (Å²) in [7, 11) is 3.27. The largest absolute Gasteiger partial charge is 0.507 e. The lowest BCUT2D eigenvalue weighted by atomic mass is 9.74. The number of phenolic OH excluding ortho intramolecular Hbond substituents is 1. The molecule has 29 heavy (non-hydrogen) atoms. The summed E-state index contributed by atoms with van der Waals surface area (Å²) in [5.41, 5.74) is 2.34. The predicted octanol–water partition coefficient (Wildman–Crippen LogP) is 2.29. The number of nitrogens with zero attached hydrogens (tertiary/aromatic N) is 5. The van der Waals surface area contributed by atoms with Gasteiger partial charge in [0.1, 0.15) is 5.75 Å². The Labute approximate surface area is 168 Å². The van der Waals surface area contributed by atoms with Crippen LogP contribution in [0.15, 0.2) is 48.9 Å². The average molecular weight is 393 g/mol. The van der Waals surface area contributed by atoms with E-state index in [1.54, 1.807) is 29.2 Å². The van der Waals surface area contributed by atoms with Crippen LogP contribution in [0.25, 0.3) is 11.3 Å². The van der Waals surface area contributed by atoms with Crippen molar-refractivity contribution in [1.29, 1.82) is 0 Å². The zero-order chi connectivity index (χ0) is 20.4. The summed E-state index contributed by atoms with van der Waals surface area (Å²) in [6.07, 6.45) is 6.56. The van der Waals surface area contributed by atoms with Crippen molar-refractivity contribution in [1.82, 2.24) is 20.0 Å². The maximum absolute atomic E-state index is 12.7. The van der Waals surface area contributed by atoms with E-state index in [1.165, 1.54) is 7.11 Å². The number of aryl methyl sites for hydroxylation is 1. The number of anilines is 1. The van der Waals surface area contributed by atoms with E-state index in [-0.39, 0.29) is 11.7 Å². The maximum Gasteiger partial charge on any atom is 0.316 e. The smallest absolute Gasteiger partial charge is 0.316 e. The highest BCUT2D eigenvalue weighted by Gasteiger charge is 2.45. The third-order valence-electron chi connectivity index (χ3n) is 5.64. The molecule has 8 nitrogen and oxygen atoms in total. The summed E-state index contributed by atoms with van der Waals surface area (Å²) in [5, 5.41) is 22.6. The number of benzene rings is 1. The van der Waals surface area contributed by atoms with Crippen molar-refractivity contribution in [2.75, 3.05) is 25.1 Å². The van der Waals surface area contributed by atoms with Crippen molar-refractivity contribution in [3.8, 4) is 17.0 Å². The van der Waals surface area contributed by atoms with Crippen LogP contribution in [0.2, 0.25) is 0 Å². The number of hydrogen-bond donors (Lipinski definition) is 1. The number of methoxy groups -OCH3 is 1. The Bertz CT molecular complexity index is 1020. The molecule has 1 saturated heterocycles. The Morgan fingerprint density at radius 1 is 1.21 bits per heavy atom. The van der Waals surface area contributed by atoms with Crippen molar-refractivity contribution in [2.24, 2.45) is 7.05 Å². The van der Waals surface area contributed by atoms with Gasteiger partial charge in [0, 0.05) is 37.5 Å². The Kier molecular flexibility index (Phi) is 4.92. The number of piperidine rings is 1. The van der Waals surface area contributed by atoms with Crippen molar-refractivity contribution in [2.45, 2.75) is 18.3 Å². The second-order valence-corrected chi connectivity index (χ2v) is 7.28. The number of carbonyl (C=O) groups is 1. The average Bonchev–Trinajstić information content (AvgIpc) is 3.20. The van der Waals surface area contributed by atoms with Crippen LogP contribution in [0, 0.1) is 0 Å². The molecule has 3 heterocycles. The van der Waals surface area contributed by atoms with E-state index in [1.807, 2.05) is 31.4 Å². The van der Waals surface area contributed by atoms with E-state index in [4.69, 9.17) is 4.74 Å². The van der Waals surface area contributed by atoms with Crippen LogP contribution in [0.5, 0.6) is 5.75 Å². The zero-order valence-corrected chi connectivity index (χ0v) is 16.4. The molecule has 1 fully saturated rings. The van der Waals surface area contributed by atoms with Crippen LogP contribution in [0.4, 0.5) is 5.69 Å². The second-order valence-electron chi connectivity index (χ2n) is 7.28. The lowest BCUT2D eigenvalue weighted by Gasteiger charge is -2.40. The fraction of sp³-hybridized carbons (Fsp3) is 0.333. The number of hydrogen-bond acceptors (Lipinski definition) is 7. The maximum atomic E-state index is 12.7. The second kappa shape index (κ2) is 7.54. The van der Waals surface area contributed by atoms with Gasteiger partial charge >= 0.3 is 5.97 Å². The van der Waals surface area contributed by atoms with Gasteiger partial charge < -0.3 is 14.7 Å². The molecule has 150 valence electrons. The van der Waals surface area contributed by atoms with Crippen molar-refractivity contribution >= 4 is 11.7 Å². The summed E-state index contributed by atoms with van der Waals surface area (Å²) in [4.78, 5) is 14.9. The van der Waals surface area contributed by atoms with Crippen LogP contribution in [-0.4, -0.2) is 51.3 Å². The molecule has 0 bridgehead atoms. The molecule has 0 spiro atoms. The third kappa shape index (κ3) is 3.41. The quantitative estimate of drug-likeness (QED) is 0.680. The van der Waals surface area contributed by atoms with Gasteiger partial charge in [-0.3, -0.25) is 9.48 Å². The molecule has 0 saturated carbocycles. The lowest BCUT2D eigenvalue weighted by Crippen LogP contribution is -2.48. The van der Waals surface area contributed by atoms with Crippen molar-refractivity contribution in [3.05, 3.63) is 54.5 Å². The molecule has 1 aromatic carbocycles. The van der Waals surface area contributed by atoms with Crippen LogP contribution in [0.1, 0.15) is 18.4 Å². The first kappa shape index (κ1) is 18.9. The van der Waals surface area contributed by atoms with E-state index < -0.39 is 5.41 Å². The number of rotatable bonds is 4. The number of para-hydroxylation sites is 1. The fourth-order valence-corrected chi connectivity index (χ4v) is 3.97. The summed E-state index contributed by atoms with van der Waals surface area (Å²) in [6, 6.07) is 8.97. The predicted molar refractivity (Wildman–Crippen MR) is 107 cm³/mol. The van der Waals surface area contributed by atoms with Crippen molar-refractivity contribution in [3.63, 3.8) is 0 Å². The Balaban J connectivity index is 1.59. The summed E-state index contributed by atoms with van der Waals surface area (Å²) in [5.74, 6) is -0.0632. The molecule has 0 radical (unpaired) electrons. The van der Waals surface area contributed by atoms with Gasteiger partial charge in [-0.2, -0.15) is 15.3 Å². The number of esters is 1. The van der Waals surface area contributed by atoms with E-state index >= 15 is 0 Å². The molecule has 1 aliphatic heterocycles. The molecule has 4 rings (SSSR count). The molecule has 8 heteroatoms. The van der Waals surface area contributed by atoms with Gasteiger partial charge in [-0.15, -0.1) is 0 Å². The molecule has 0 amide bonds. The molecule has 2 aromatic heterocycles. The molecule has 0 aliphatic carbocycles. The molecule has 1 aliphatic rings. The SMILES string of the molecule is COC(=O)C1(c2cnn(C)c2)CCN(c2cnnc(-c3ccccc3O)c2)CC1. The van der Waals surface area contributed by atoms with E-state index in [9.17, 15) is 9.90 Å². The van der Waals surface area contributed by atoms with Gasteiger partial charge in [0.05, 0.1) is 36.3 Å². The van der Waals surface area contributed by atoms with Gasteiger partial charge in [0.2, 0.25) is 0 Å². The third-order valence-corrected chi connectivity index (χ3v) is 5.64. The van der Waals surface area contributed by atoms with Gasteiger partial charge in [0.25, 0.3) is 0 Å². The van der Waals surface area contributed by atoms with E-state index in [2.05, 4.69) is 20.2 Å². The van der Waals surface area contributed by atoms with Crippen molar-refractivity contribution < 1.29 is 14.6 Å². The van der Waals surface area contributed by atoms with Crippen LogP contribution in [-0.2, 0) is 22.0 Å². The zero-order valence-electron chi connectivity index (χ0n) is 16.4. The lowest BCUT2D eigenvalue weighted by molar-refractivity contribution is -0.148. The minimum Gasteiger partial charge on any atom is -0.507 e. The van der Waals surface area contributed by atoms with Crippen LogP contribution < -0.4 is 4.90 Å². The number of aromatic hydroxyl groups is 1. The first-order valence-electron chi connectivity index (χ1n) is 9.47. The molecular formula is C21H23N5O3. The van der Waals surface area contributed by atoms with E-state index in [0.29, 0.717) is 37.2 Å². The summed E-state index contributed by atoms with van der Waals surface area (Å²) >= 11 is 0. The molecule has 0 atom stereocenters. The van der Waals surface area contributed by atoms with E-state index in [0.717, 1.165) is 11.3 Å². The minimum absolute atomic E-state index is 0.166. The van der Waals surface area contributed by atoms with Crippen LogP contribution in [0.3, 0.4) is 0 Å². The van der Waals surface area contributed by atoms with Gasteiger partial charge in [-0.05, 0) is 31.0 Å². The number of ether oxygens (including phenoxy) is 1. The highest BCUT2D eigenvalue weighted by Crippen LogP contribution is 2.38. The molecular weight excluding hydrogens is 370 g/mol. The van der Waals surface area contributed by atoms with Gasteiger partial charge in [-0.1, -0.05) is 12.1 Å². The van der Waals surface area contributed by atoms with Gasteiger partial charge in [0.15, 0.2) is 0 Å². The topological polar surface area (TPSA) is 93.4 Å². The Hall–Kier alpha value is -3.42. The summed E-state index contributed by atoms with van der Waals surface area (Å²) in [6.45, 7) is 1.33. The number of carbonyl (C=O) groups excluding carboxylic acids is 1.